The maximum absolute atomic E-state index is 3.88. The molecule has 0 amide bonds. The average Bonchev–Trinajstić information content (AvgIpc) is 2.47. The Morgan fingerprint density at radius 1 is 1.25 bits per heavy atom. The highest BCUT2D eigenvalue weighted by Gasteiger charge is 2.06. The molecule has 2 rings (SSSR count). The molecule has 0 saturated carbocycles. The molecule has 0 radical (unpaired) electrons. The molecule has 2 aromatic rings. The Bertz CT molecular complexity index is 392. The van der Waals surface area contributed by atoms with E-state index in [1.165, 1.54) is 15.6 Å². The third kappa shape index (κ3) is 1.10. The van der Waals surface area contributed by atoms with E-state index in [1.54, 1.807) is 11.3 Å². The van der Waals surface area contributed by atoms with E-state index in [0.29, 0.717) is 5.92 Å². The predicted octanol–water partition coefficient (Wildman–Crippen LogP) is 2.81. The molecule has 0 fully saturated rings. The van der Waals surface area contributed by atoms with Gasteiger partial charge in [-0.1, -0.05) is 13.8 Å². The third-order valence-corrected chi connectivity index (χ3v) is 3.18. The SMILES string of the molecule is CC(C)c1scc2cnncc12. The van der Waals surface area contributed by atoms with Gasteiger partial charge in [0, 0.05) is 21.0 Å². The molecule has 0 bridgehead atoms. The molecular weight excluding hydrogens is 168 g/mol. The van der Waals surface area contributed by atoms with Crippen LogP contribution in [0.4, 0.5) is 0 Å². The fourth-order valence-corrected chi connectivity index (χ4v) is 2.28. The van der Waals surface area contributed by atoms with Gasteiger partial charge in [0.25, 0.3) is 0 Å². The van der Waals surface area contributed by atoms with Crippen LogP contribution in [0.25, 0.3) is 10.8 Å². The molecule has 0 aromatic carbocycles. The topological polar surface area (TPSA) is 25.8 Å². The second-order valence-corrected chi connectivity index (χ2v) is 4.02. The summed E-state index contributed by atoms with van der Waals surface area (Å²) in [6, 6.07) is 0. The maximum atomic E-state index is 3.88. The molecule has 12 heavy (non-hydrogen) atoms. The lowest BCUT2D eigenvalue weighted by Crippen LogP contribution is -1.83. The van der Waals surface area contributed by atoms with E-state index in [1.807, 2.05) is 12.4 Å². The van der Waals surface area contributed by atoms with Crippen LogP contribution in [-0.2, 0) is 0 Å². The maximum Gasteiger partial charge on any atom is 0.0585 e. The van der Waals surface area contributed by atoms with Crippen molar-refractivity contribution in [3.63, 3.8) is 0 Å². The fraction of sp³-hybridized carbons (Fsp3) is 0.333. The lowest BCUT2D eigenvalue weighted by Gasteiger charge is -1.99. The zero-order valence-electron chi connectivity index (χ0n) is 7.11. The molecule has 0 saturated heterocycles. The standard InChI is InChI=1S/C9H10N2S/c1-6(2)9-8-4-11-10-3-7(8)5-12-9/h3-6H,1-2H3. The third-order valence-electron chi connectivity index (χ3n) is 1.86. The van der Waals surface area contributed by atoms with Gasteiger partial charge < -0.3 is 0 Å². The minimum Gasteiger partial charge on any atom is -0.158 e. The predicted molar refractivity (Wildman–Crippen MR) is 51.5 cm³/mol. The minimum absolute atomic E-state index is 0.580. The number of hydrogen-bond donors (Lipinski definition) is 0. The van der Waals surface area contributed by atoms with Gasteiger partial charge in [-0.3, -0.25) is 0 Å². The summed E-state index contributed by atoms with van der Waals surface area (Å²) in [4.78, 5) is 1.40. The largest absolute Gasteiger partial charge is 0.158 e. The first-order valence-corrected chi connectivity index (χ1v) is 4.85. The van der Waals surface area contributed by atoms with Gasteiger partial charge in [0.15, 0.2) is 0 Å². The van der Waals surface area contributed by atoms with E-state index in [2.05, 4.69) is 29.4 Å². The molecule has 2 heterocycles. The van der Waals surface area contributed by atoms with Gasteiger partial charge in [-0.05, 0) is 5.92 Å². The quantitative estimate of drug-likeness (QED) is 0.671. The zero-order chi connectivity index (χ0) is 8.55. The summed E-state index contributed by atoms with van der Waals surface area (Å²) in [5.41, 5.74) is 0. The summed E-state index contributed by atoms with van der Waals surface area (Å²) < 4.78 is 0. The van der Waals surface area contributed by atoms with E-state index in [-0.39, 0.29) is 0 Å². The second-order valence-electron chi connectivity index (χ2n) is 3.11. The Kier molecular flexibility index (Phi) is 1.81. The number of thiophene rings is 1. The van der Waals surface area contributed by atoms with Gasteiger partial charge in [0.1, 0.15) is 0 Å². The summed E-state index contributed by atoms with van der Waals surface area (Å²) in [6.07, 6.45) is 3.67. The first-order valence-electron chi connectivity index (χ1n) is 3.97. The smallest absolute Gasteiger partial charge is 0.0585 e. The molecule has 2 aromatic heterocycles. The van der Waals surface area contributed by atoms with Crippen molar-refractivity contribution in [2.75, 3.05) is 0 Å². The molecule has 2 nitrogen and oxygen atoms in total. The van der Waals surface area contributed by atoms with Crippen LogP contribution < -0.4 is 0 Å². The fourth-order valence-electron chi connectivity index (χ4n) is 1.27. The van der Waals surface area contributed by atoms with E-state index in [9.17, 15) is 0 Å². The van der Waals surface area contributed by atoms with Crippen molar-refractivity contribution in [3.8, 4) is 0 Å². The van der Waals surface area contributed by atoms with Crippen LogP contribution in [0, 0.1) is 0 Å². The van der Waals surface area contributed by atoms with Gasteiger partial charge >= 0.3 is 0 Å². The summed E-state index contributed by atoms with van der Waals surface area (Å²) in [5, 5.41) is 12.3. The van der Waals surface area contributed by atoms with Gasteiger partial charge in [0.2, 0.25) is 0 Å². The lowest BCUT2D eigenvalue weighted by atomic mass is 10.1. The molecule has 0 atom stereocenters. The molecule has 0 aliphatic rings. The van der Waals surface area contributed by atoms with Crippen molar-refractivity contribution < 1.29 is 0 Å². The lowest BCUT2D eigenvalue weighted by molar-refractivity contribution is 0.895. The van der Waals surface area contributed by atoms with Crippen molar-refractivity contribution in [3.05, 3.63) is 22.7 Å². The Hall–Kier alpha value is -0.960. The van der Waals surface area contributed by atoms with Crippen molar-refractivity contribution in [2.24, 2.45) is 0 Å². The normalized spacial score (nSPS) is 11.2. The van der Waals surface area contributed by atoms with Crippen LogP contribution in [0.2, 0.25) is 0 Å². The highest BCUT2D eigenvalue weighted by atomic mass is 32.1. The van der Waals surface area contributed by atoms with Gasteiger partial charge in [-0.25, -0.2) is 0 Å². The summed E-state index contributed by atoms with van der Waals surface area (Å²) in [6.45, 7) is 4.40. The highest BCUT2D eigenvalue weighted by molar-refractivity contribution is 7.11. The molecule has 0 aliphatic carbocycles. The van der Waals surface area contributed by atoms with Gasteiger partial charge in [-0.15, -0.1) is 11.3 Å². The number of aromatic nitrogens is 2. The molecule has 62 valence electrons. The molecule has 0 aliphatic heterocycles. The molecule has 0 N–H and O–H groups in total. The van der Waals surface area contributed by atoms with Crippen molar-refractivity contribution >= 4 is 22.1 Å². The van der Waals surface area contributed by atoms with Crippen molar-refractivity contribution in [2.45, 2.75) is 19.8 Å². The van der Waals surface area contributed by atoms with Crippen LogP contribution in [0.3, 0.4) is 0 Å². The minimum atomic E-state index is 0.580. The summed E-state index contributed by atoms with van der Waals surface area (Å²) >= 11 is 1.79. The number of hydrogen-bond acceptors (Lipinski definition) is 3. The number of rotatable bonds is 1. The van der Waals surface area contributed by atoms with Crippen LogP contribution in [0.5, 0.6) is 0 Å². The average molecular weight is 178 g/mol. The van der Waals surface area contributed by atoms with Crippen molar-refractivity contribution in [1.82, 2.24) is 10.2 Å². The number of nitrogens with zero attached hydrogens (tertiary/aromatic N) is 2. The summed E-state index contributed by atoms with van der Waals surface area (Å²) in [7, 11) is 0. The Labute approximate surface area is 75.3 Å². The first-order chi connectivity index (χ1) is 5.79. The van der Waals surface area contributed by atoms with Crippen LogP contribution in [-0.4, -0.2) is 10.2 Å². The van der Waals surface area contributed by atoms with Gasteiger partial charge in [-0.2, -0.15) is 10.2 Å². The van der Waals surface area contributed by atoms with E-state index >= 15 is 0 Å². The highest BCUT2D eigenvalue weighted by Crippen LogP contribution is 2.30. The monoisotopic (exact) mass is 178 g/mol. The van der Waals surface area contributed by atoms with E-state index in [0.717, 1.165) is 0 Å². The zero-order valence-corrected chi connectivity index (χ0v) is 7.93. The van der Waals surface area contributed by atoms with E-state index in [4.69, 9.17) is 0 Å². The molecule has 0 unspecified atom stereocenters. The van der Waals surface area contributed by atoms with Gasteiger partial charge in [0.05, 0.1) is 12.4 Å². The summed E-state index contributed by atoms with van der Waals surface area (Å²) in [5.74, 6) is 0.580. The molecule has 0 spiro atoms. The van der Waals surface area contributed by atoms with Crippen LogP contribution in [0.15, 0.2) is 17.8 Å². The molecular formula is C9H10N2S. The Morgan fingerprint density at radius 2 is 2.00 bits per heavy atom. The second kappa shape index (κ2) is 2.83. The Morgan fingerprint density at radius 3 is 2.75 bits per heavy atom. The van der Waals surface area contributed by atoms with Crippen LogP contribution in [0.1, 0.15) is 24.6 Å². The first kappa shape index (κ1) is 7.68. The van der Waals surface area contributed by atoms with E-state index < -0.39 is 0 Å². The van der Waals surface area contributed by atoms with Crippen LogP contribution >= 0.6 is 11.3 Å². The van der Waals surface area contributed by atoms with Crippen molar-refractivity contribution in [1.29, 1.82) is 0 Å². The Balaban J connectivity index is 2.70. The molecule has 3 heteroatoms. The number of fused-ring (bicyclic) bond motifs is 1.